The Morgan fingerprint density at radius 1 is 0.895 bits per heavy atom. The zero-order chi connectivity index (χ0) is 27.6. The number of benzene rings is 3. The fourth-order valence-corrected chi connectivity index (χ4v) is 3.87. The van der Waals surface area contributed by atoms with Gasteiger partial charge in [-0.15, -0.1) is 0 Å². The first-order valence-corrected chi connectivity index (χ1v) is 11.4. The average molecular weight is 528 g/mol. The fraction of sp³-hybridized carbons (Fsp3) is 0.214. The smallest absolute Gasteiger partial charge is 0.453 e. The maximum absolute atomic E-state index is 14.0. The SMILES string of the molecule is COc1cccc(OC)c1C(=O)Oc1ccc2c(=O)c(Oc3ccccc3C(C)C)c(C(F)(F)F)oc2c1. The molecule has 0 aliphatic heterocycles. The number of hydrogen-bond acceptors (Lipinski definition) is 7. The zero-order valence-corrected chi connectivity index (χ0v) is 20.8. The molecule has 0 bridgehead atoms. The Labute approximate surface area is 215 Å². The topological polar surface area (TPSA) is 84.2 Å². The number of ether oxygens (including phenoxy) is 4. The first kappa shape index (κ1) is 26.6. The van der Waals surface area contributed by atoms with E-state index in [-0.39, 0.29) is 39.9 Å². The maximum atomic E-state index is 14.0. The van der Waals surface area contributed by atoms with Crippen LogP contribution in [-0.2, 0) is 6.18 Å². The minimum atomic E-state index is -5.05. The van der Waals surface area contributed by atoms with Gasteiger partial charge in [-0.05, 0) is 41.8 Å². The quantitative estimate of drug-likeness (QED) is 0.189. The highest BCUT2D eigenvalue weighted by Gasteiger charge is 2.41. The van der Waals surface area contributed by atoms with Crippen LogP contribution in [0.4, 0.5) is 13.2 Å². The molecule has 198 valence electrons. The minimum Gasteiger partial charge on any atom is -0.496 e. The Kier molecular flexibility index (Phi) is 7.34. The normalized spacial score (nSPS) is 11.5. The molecule has 0 unspecified atom stereocenters. The van der Waals surface area contributed by atoms with E-state index in [0.717, 1.165) is 6.07 Å². The van der Waals surface area contributed by atoms with Crippen LogP contribution in [0.15, 0.2) is 69.9 Å². The summed E-state index contributed by atoms with van der Waals surface area (Å²) in [7, 11) is 2.71. The number of carbonyl (C=O) groups excluding carboxylic acids is 1. The summed E-state index contributed by atoms with van der Waals surface area (Å²) in [5.74, 6) is -3.27. The van der Waals surface area contributed by atoms with Crippen molar-refractivity contribution in [1.29, 1.82) is 0 Å². The lowest BCUT2D eigenvalue weighted by Crippen LogP contribution is -2.16. The third-order valence-corrected chi connectivity index (χ3v) is 5.68. The van der Waals surface area contributed by atoms with Crippen LogP contribution in [0.3, 0.4) is 0 Å². The summed E-state index contributed by atoms with van der Waals surface area (Å²) in [4.78, 5) is 26.1. The molecule has 7 nitrogen and oxygen atoms in total. The maximum Gasteiger partial charge on any atom is 0.453 e. The largest absolute Gasteiger partial charge is 0.496 e. The van der Waals surface area contributed by atoms with E-state index in [4.69, 9.17) is 23.4 Å². The summed E-state index contributed by atoms with van der Waals surface area (Å²) in [6.45, 7) is 3.69. The van der Waals surface area contributed by atoms with Gasteiger partial charge in [-0.1, -0.05) is 38.1 Å². The molecule has 0 spiro atoms. The molecule has 38 heavy (non-hydrogen) atoms. The highest BCUT2D eigenvalue weighted by molar-refractivity contribution is 5.97. The van der Waals surface area contributed by atoms with Crippen molar-refractivity contribution in [2.24, 2.45) is 0 Å². The summed E-state index contributed by atoms with van der Waals surface area (Å²) >= 11 is 0. The van der Waals surface area contributed by atoms with Crippen molar-refractivity contribution < 1.29 is 41.3 Å². The molecule has 10 heteroatoms. The van der Waals surface area contributed by atoms with E-state index in [1.807, 2.05) is 13.8 Å². The number of para-hydroxylation sites is 1. The molecule has 0 aliphatic rings. The van der Waals surface area contributed by atoms with Crippen LogP contribution >= 0.6 is 0 Å². The van der Waals surface area contributed by atoms with Gasteiger partial charge in [0.15, 0.2) is 0 Å². The molecular formula is C28H23F3O7. The number of hydrogen-bond donors (Lipinski definition) is 0. The van der Waals surface area contributed by atoms with Crippen LogP contribution in [0.1, 0.15) is 41.4 Å². The lowest BCUT2D eigenvalue weighted by Gasteiger charge is -2.17. The van der Waals surface area contributed by atoms with Crippen molar-refractivity contribution in [3.05, 3.63) is 87.8 Å². The van der Waals surface area contributed by atoms with Gasteiger partial charge in [0.2, 0.25) is 11.2 Å². The highest BCUT2D eigenvalue weighted by Crippen LogP contribution is 2.40. The molecule has 0 saturated heterocycles. The Morgan fingerprint density at radius 2 is 1.53 bits per heavy atom. The Balaban J connectivity index is 1.79. The van der Waals surface area contributed by atoms with Crippen LogP contribution < -0.4 is 24.4 Å². The van der Waals surface area contributed by atoms with E-state index in [0.29, 0.717) is 5.56 Å². The second-order valence-corrected chi connectivity index (χ2v) is 8.47. The van der Waals surface area contributed by atoms with E-state index < -0.39 is 34.7 Å². The monoisotopic (exact) mass is 528 g/mol. The van der Waals surface area contributed by atoms with E-state index in [9.17, 15) is 22.8 Å². The van der Waals surface area contributed by atoms with Gasteiger partial charge in [-0.25, -0.2) is 4.79 Å². The molecule has 0 aliphatic carbocycles. The number of esters is 1. The lowest BCUT2D eigenvalue weighted by atomic mass is 10.0. The van der Waals surface area contributed by atoms with E-state index in [1.54, 1.807) is 24.3 Å². The molecule has 0 atom stereocenters. The van der Waals surface area contributed by atoms with Gasteiger partial charge in [0.05, 0.1) is 19.6 Å². The lowest BCUT2D eigenvalue weighted by molar-refractivity contribution is -0.154. The van der Waals surface area contributed by atoms with Crippen molar-refractivity contribution in [3.63, 3.8) is 0 Å². The Bertz CT molecular complexity index is 1530. The average Bonchev–Trinajstić information content (AvgIpc) is 2.89. The number of rotatable bonds is 7. The highest BCUT2D eigenvalue weighted by atomic mass is 19.4. The summed E-state index contributed by atoms with van der Waals surface area (Å²) < 4.78 is 68.4. The van der Waals surface area contributed by atoms with Gasteiger partial charge in [-0.3, -0.25) is 4.79 Å². The number of fused-ring (bicyclic) bond motifs is 1. The molecule has 4 aromatic rings. The molecule has 0 saturated carbocycles. The predicted octanol–water partition coefficient (Wildman–Crippen LogP) is 6.96. The second kappa shape index (κ2) is 10.5. The minimum absolute atomic E-state index is 0.0254. The van der Waals surface area contributed by atoms with Crippen molar-refractivity contribution in [2.45, 2.75) is 25.9 Å². The van der Waals surface area contributed by atoms with Crippen LogP contribution in [-0.4, -0.2) is 20.2 Å². The van der Waals surface area contributed by atoms with Crippen molar-refractivity contribution >= 4 is 16.9 Å². The standard InChI is InChI=1S/C28H23F3O7/c1-15(2)17-8-5-6-9-19(17)37-25-24(32)18-13-12-16(14-22(18)38-26(25)28(29,30)31)36-27(33)23-20(34-3)10-7-11-21(23)35-4/h5-15H,1-4H3. The summed E-state index contributed by atoms with van der Waals surface area (Å²) in [5.41, 5.74) is -0.873. The van der Waals surface area contributed by atoms with Crippen LogP contribution in [0.2, 0.25) is 0 Å². The predicted molar refractivity (Wildman–Crippen MR) is 133 cm³/mol. The van der Waals surface area contributed by atoms with Crippen LogP contribution in [0.5, 0.6) is 28.7 Å². The van der Waals surface area contributed by atoms with Gasteiger partial charge in [0.25, 0.3) is 5.76 Å². The molecule has 0 N–H and O–H groups in total. The number of halogens is 3. The van der Waals surface area contributed by atoms with E-state index in [1.165, 1.54) is 44.6 Å². The van der Waals surface area contributed by atoms with Crippen molar-refractivity contribution in [2.75, 3.05) is 14.2 Å². The second-order valence-electron chi connectivity index (χ2n) is 8.47. The number of carbonyl (C=O) groups is 1. The molecule has 0 radical (unpaired) electrons. The first-order valence-electron chi connectivity index (χ1n) is 11.4. The van der Waals surface area contributed by atoms with Crippen molar-refractivity contribution in [3.8, 4) is 28.7 Å². The van der Waals surface area contributed by atoms with Gasteiger partial charge in [0, 0.05) is 6.07 Å². The fourth-order valence-electron chi connectivity index (χ4n) is 3.87. The molecule has 3 aromatic carbocycles. The molecule has 0 fully saturated rings. The van der Waals surface area contributed by atoms with Gasteiger partial charge >= 0.3 is 12.1 Å². The molecule has 1 aromatic heterocycles. The van der Waals surface area contributed by atoms with Gasteiger partial charge < -0.3 is 23.4 Å². The number of alkyl halides is 3. The van der Waals surface area contributed by atoms with Crippen LogP contribution in [0, 0.1) is 0 Å². The summed E-state index contributed by atoms with van der Waals surface area (Å²) in [5, 5.41) is -0.190. The van der Waals surface area contributed by atoms with E-state index in [2.05, 4.69) is 0 Å². The van der Waals surface area contributed by atoms with E-state index >= 15 is 0 Å². The Morgan fingerprint density at radius 3 is 2.13 bits per heavy atom. The molecule has 4 rings (SSSR count). The summed E-state index contributed by atoms with van der Waals surface area (Å²) in [6.07, 6.45) is -5.05. The van der Waals surface area contributed by atoms with Gasteiger partial charge in [0.1, 0.15) is 34.1 Å². The van der Waals surface area contributed by atoms with Gasteiger partial charge in [-0.2, -0.15) is 13.2 Å². The molecular weight excluding hydrogens is 505 g/mol. The third-order valence-electron chi connectivity index (χ3n) is 5.68. The Hall–Kier alpha value is -4.47. The molecule has 1 heterocycles. The van der Waals surface area contributed by atoms with Crippen molar-refractivity contribution in [1.82, 2.24) is 0 Å². The molecule has 0 amide bonds. The zero-order valence-electron chi connectivity index (χ0n) is 20.8. The third kappa shape index (κ3) is 5.15. The number of methoxy groups -OCH3 is 2. The van der Waals surface area contributed by atoms with Crippen LogP contribution in [0.25, 0.3) is 11.0 Å². The summed E-state index contributed by atoms with van der Waals surface area (Å²) in [6, 6.07) is 14.6. The first-order chi connectivity index (χ1) is 18.0.